The third kappa shape index (κ3) is 3.28. The molecule has 5 nitrogen and oxygen atoms in total. The van der Waals surface area contributed by atoms with E-state index in [-0.39, 0.29) is 22.9 Å². The summed E-state index contributed by atoms with van der Waals surface area (Å²) in [4.78, 5) is 36.2. The van der Waals surface area contributed by atoms with E-state index in [4.69, 9.17) is 16.3 Å². The van der Waals surface area contributed by atoms with Gasteiger partial charge in [0.25, 0.3) is 0 Å². The molecule has 2 bridgehead atoms. The maximum atomic E-state index is 13.7. The van der Waals surface area contributed by atoms with E-state index in [0.29, 0.717) is 27.7 Å². The highest BCUT2D eigenvalue weighted by molar-refractivity contribution is 6.31. The molecule has 1 aromatic heterocycles. The predicted molar refractivity (Wildman–Crippen MR) is 128 cm³/mol. The van der Waals surface area contributed by atoms with Crippen LogP contribution in [0.25, 0.3) is 11.0 Å². The van der Waals surface area contributed by atoms with Crippen LogP contribution in [0, 0.1) is 16.7 Å². The van der Waals surface area contributed by atoms with Gasteiger partial charge in [-0.25, -0.2) is 9.97 Å². The molecule has 3 unspecified atom stereocenters. The maximum absolute atomic E-state index is 13.7. The zero-order chi connectivity index (χ0) is 23.5. The molecule has 0 saturated heterocycles. The van der Waals surface area contributed by atoms with Crippen LogP contribution in [-0.2, 0) is 16.0 Å². The molecule has 170 valence electrons. The van der Waals surface area contributed by atoms with Crippen molar-refractivity contribution in [3.63, 3.8) is 0 Å². The lowest BCUT2D eigenvalue weighted by molar-refractivity contribution is -0.149. The summed E-state index contributed by atoms with van der Waals surface area (Å²) in [6, 6.07) is 10.9. The number of hydrogen-bond donors (Lipinski definition) is 0. The van der Waals surface area contributed by atoms with Gasteiger partial charge in [-0.1, -0.05) is 45.4 Å². The highest BCUT2D eigenvalue weighted by Crippen LogP contribution is 2.62. The molecule has 2 fully saturated rings. The number of aromatic nitrogens is 2. The van der Waals surface area contributed by atoms with Gasteiger partial charge in [0.05, 0.1) is 17.2 Å². The van der Waals surface area contributed by atoms with Crippen molar-refractivity contribution in [3.05, 3.63) is 58.7 Å². The Morgan fingerprint density at radius 3 is 2.64 bits per heavy atom. The molecule has 2 aromatic carbocycles. The van der Waals surface area contributed by atoms with Gasteiger partial charge in [0.15, 0.2) is 11.6 Å². The molecule has 3 atom stereocenters. The van der Waals surface area contributed by atoms with Crippen molar-refractivity contribution >= 4 is 34.2 Å². The van der Waals surface area contributed by atoms with Crippen molar-refractivity contribution in [2.45, 2.75) is 52.9 Å². The van der Waals surface area contributed by atoms with Crippen LogP contribution in [0.2, 0.25) is 5.02 Å². The molecule has 2 aliphatic rings. The molecule has 2 aliphatic carbocycles. The van der Waals surface area contributed by atoms with Gasteiger partial charge in [-0.15, -0.1) is 0 Å². The topological polar surface area (TPSA) is 69.2 Å². The Hall–Kier alpha value is -2.79. The molecular weight excluding hydrogens is 436 g/mol. The number of benzene rings is 2. The molecule has 0 N–H and O–H groups in total. The zero-order valence-electron chi connectivity index (χ0n) is 19.3. The number of rotatable bonds is 4. The molecule has 0 radical (unpaired) electrons. The van der Waals surface area contributed by atoms with Crippen LogP contribution < -0.4 is 4.74 Å². The Balaban J connectivity index is 1.53. The monoisotopic (exact) mass is 462 g/mol. The lowest BCUT2D eigenvalue weighted by atomic mass is 9.54. The normalized spacial score (nSPS) is 26.1. The van der Waals surface area contributed by atoms with E-state index in [0.717, 1.165) is 30.4 Å². The lowest BCUT2D eigenvalue weighted by Crippen LogP contribution is -2.52. The number of Topliss-reactive ketones (excluding diaryl/α,β-unsaturated/α-hetero) is 2. The number of ketones is 2. The summed E-state index contributed by atoms with van der Waals surface area (Å²) >= 11 is 6.03. The molecule has 2 saturated carbocycles. The summed E-state index contributed by atoms with van der Waals surface area (Å²) in [6.45, 7) is 8.22. The summed E-state index contributed by atoms with van der Waals surface area (Å²) in [5.41, 5.74) is 2.30. The second-order valence-electron chi connectivity index (χ2n) is 10.0. The number of carbonyl (C=O) groups is 2. The quantitative estimate of drug-likeness (QED) is 0.424. The average molecular weight is 463 g/mol. The second-order valence-corrected chi connectivity index (χ2v) is 10.4. The first-order valence-corrected chi connectivity index (χ1v) is 11.8. The predicted octanol–water partition coefficient (Wildman–Crippen LogP) is 6.32. The smallest absolute Gasteiger partial charge is 0.238 e. The van der Waals surface area contributed by atoms with Gasteiger partial charge < -0.3 is 4.74 Å². The highest BCUT2D eigenvalue weighted by Gasteiger charge is 2.64. The molecule has 5 rings (SSSR count). The summed E-state index contributed by atoms with van der Waals surface area (Å²) in [5, 5.41) is 0.595. The van der Waals surface area contributed by atoms with Crippen molar-refractivity contribution in [1.29, 1.82) is 0 Å². The first kappa shape index (κ1) is 22.0. The zero-order valence-corrected chi connectivity index (χ0v) is 20.1. The van der Waals surface area contributed by atoms with Gasteiger partial charge in [0.2, 0.25) is 5.88 Å². The summed E-state index contributed by atoms with van der Waals surface area (Å²) in [5.74, 6) is 0.133. The van der Waals surface area contributed by atoms with E-state index < -0.39 is 11.3 Å². The Kier molecular flexibility index (Phi) is 5.09. The first-order chi connectivity index (χ1) is 15.7. The third-order valence-corrected chi connectivity index (χ3v) is 8.41. The molecule has 3 aromatic rings. The van der Waals surface area contributed by atoms with Crippen LogP contribution in [-0.4, -0.2) is 21.5 Å². The molecular formula is C27H27ClN2O3. The standard InChI is InChI=1S/C27H27ClN2O3/c1-5-15-6-8-17(33-22-14-29-21-12-16(28)7-9-20(21)30-22)13-18(15)23-24(31)19-10-11-27(4,25(23)32)26(19,2)3/h6-9,12-14,19,23H,5,10-11H2,1-4H3. The van der Waals surface area contributed by atoms with E-state index in [1.807, 2.05) is 32.0 Å². The maximum Gasteiger partial charge on any atom is 0.238 e. The molecule has 0 amide bonds. The van der Waals surface area contributed by atoms with Gasteiger partial charge in [-0.2, -0.15) is 0 Å². The molecule has 0 spiro atoms. The van der Waals surface area contributed by atoms with E-state index in [2.05, 4.69) is 23.8 Å². The molecule has 33 heavy (non-hydrogen) atoms. The van der Waals surface area contributed by atoms with Crippen LogP contribution in [0.15, 0.2) is 42.6 Å². The van der Waals surface area contributed by atoms with E-state index >= 15 is 0 Å². The fraction of sp³-hybridized carbons (Fsp3) is 0.407. The van der Waals surface area contributed by atoms with Crippen molar-refractivity contribution in [3.8, 4) is 11.6 Å². The SMILES string of the molecule is CCc1ccc(Oc2cnc3cc(Cl)ccc3n2)cc1C1C(=O)C2CCC(C)(C1=O)C2(C)C. The Bertz CT molecular complexity index is 1300. The van der Waals surface area contributed by atoms with E-state index in [1.54, 1.807) is 24.4 Å². The first-order valence-electron chi connectivity index (χ1n) is 11.5. The molecule has 1 heterocycles. The Morgan fingerprint density at radius 2 is 1.88 bits per heavy atom. The fourth-order valence-corrected chi connectivity index (χ4v) is 5.91. The minimum absolute atomic E-state index is 0.0421. The fourth-order valence-electron chi connectivity index (χ4n) is 5.75. The van der Waals surface area contributed by atoms with Crippen LogP contribution in [0.3, 0.4) is 0 Å². The Morgan fingerprint density at radius 1 is 1.09 bits per heavy atom. The minimum atomic E-state index is -0.737. The van der Waals surface area contributed by atoms with E-state index in [9.17, 15) is 9.59 Å². The van der Waals surface area contributed by atoms with Crippen LogP contribution >= 0.6 is 11.6 Å². The van der Waals surface area contributed by atoms with Gasteiger partial charge in [0.1, 0.15) is 11.7 Å². The van der Waals surface area contributed by atoms with Crippen molar-refractivity contribution < 1.29 is 14.3 Å². The summed E-state index contributed by atoms with van der Waals surface area (Å²) in [7, 11) is 0. The van der Waals surface area contributed by atoms with Crippen molar-refractivity contribution in [2.75, 3.05) is 0 Å². The number of aryl methyl sites for hydroxylation is 1. The number of ether oxygens (including phenoxy) is 1. The minimum Gasteiger partial charge on any atom is -0.437 e. The summed E-state index contributed by atoms with van der Waals surface area (Å²) in [6.07, 6.45) is 3.82. The number of carbonyl (C=O) groups excluding carboxylic acids is 2. The number of halogens is 1. The Labute approximate surface area is 198 Å². The van der Waals surface area contributed by atoms with Crippen LogP contribution in [0.4, 0.5) is 0 Å². The van der Waals surface area contributed by atoms with Gasteiger partial charge >= 0.3 is 0 Å². The number of hydrogen-bond acceptors (Lipinski definition) is 5. The van der Waals surface area contributed by atoms with Crippen LogP contribution in [0.5, 0.6) is 11.6 Å². The van der Waals surface area contributed by atoms with Gasteiger partial charge in [0, 0.05) is 16.4 Å². The van der Waals surface area contributed by atoms with E-state index in [1.165, 1.54) is 0 Å². The van der Waals surface area contributed by atoms with Crippen molar-refractivity contribution in [1.82, 2.24) is 9.97 Å². The summed E-state index contributed by atoms with van der Waals surface area (Å²) < 4.78 is 6.02. The molecule has 0 aliphatic heterocycles. The third-order valence-electron chi connectivity index (χ3n) is 8.17. The molecule has 6 heteroatoms. The highest BCUT2D eigenvalue weighted by atomic mass is 35.5. The lowest BCUT2D eigenvalue weighted by Gasteiger charge is -2.46. The number of nitrogens with zero attached hydrogens (tertiary/aromatic N) is 2. The van der Waals surface area contributed by atoms with Crippen molar-refractivity contribution in [2.24, 2.45) is 16.7 Å². The average Bonchev–Trinajstić information content (AvgIpc) is 2.97. The second kappa shape index (κ2) is 7.63. The largest absolute Gasteiger partial charge is 0.437 e. The van der Waals surface area contributed by atoms with Gasteiger partial charge in [-0.3, -0.25) is 9.59 Å². The van der Waals surface area contributed by atoms with Crippen LogP contribution in [0.1, 0.15) is 57.6 Å². The number of fused-ring (bicyclic) bond motifs is 3. The van der Waals surface area contributed by atoms with Gasteiger partial charge in [-0.05, 0) is 66.1 Å².